The van der Waals surface area contributed by atoms with Gasteiger partial charge in [-0.2, -0.15) is 0 Å². The van der Waals surface area contributed by atoms with Crippen molar-refractivity contribution >= 4 is 45.6 Å². The fourth-order valence-electron chi connectivity index (χ4n) is 1.31. The van der Waals surface area contributed by atoms with Gasteiger partial charge in [0.2, 0.25) is 0 Å². The standard InChI is InChI=1S/C8H5BClFO2S/c10-7-6(11)3-5(9(12)13)4-1-2-14-8(4)7/h1-3,12-13H. The first-order valence-corrected chi connectivity index (χ1v) is 5.08. The van der Waals surface area contributed by atoms with Crippen molar-refractivity contribution in [3.63, 3.8) is 0 Å². The summed E-state index contributed by atoms with van der Waals surface area (Å²) in [4.78, 5) is 0. The number of halogens is 2. The average Bonchev–Trinajstić information content (AvgIpc) is 2.59. The maximum Gasteiger partial charge on any atom is 0.489 e. The predicted molar refractivity (Wildman–Crippen MR) is 56.6 cm³/mol. The van der Waals surface area contributed by atoms with Crippen LogP contribution in [0.15, 0.2) is 17.5 Å². The van der Waals surface area contributed by atoms with E-state index in [0.717, 1.165) is 6.07 Å². The van der Waals surface area contributed by atoms with Crippen LogP contribution >= 0.6 is 22.9 Å². The molecule has 2 aromatic rings. The molecule has 2 nitrogen and oxygen atoms in total. The summed E-state index contributed by atoms with van der Waals surface area (Å²) in [5.41, 5.74) is 0.142. The Balaban J connectivity index is 2.84. The van der Waals surface area contributed by atoms with Crippen LogP contribution in [0.2, 0.25) is 5.02 Å². The molecule has 2 N–H and O–H groups in total. The van der Waals surface area contributed by atoms with Crippen molar-refractivity contribution in [2.75, 3.05) is 0 Å². The van der Waals surface area contributed by atoms with Gasteiger partial charge in [0.05, 0.1) is 9.72 Å². The summed E-state index contributed by atoms with van der Waals surface area (Å²) in [7, 11) is -1.68. The third-order valence-electron chi connectivity index (χ3n) is 1.95. The zero-order valence-electron chi connectivity index (χ0n) is 6.87. The fourth-order valence-corrected chi connectivity index (χ4v) is 2.45. The number of rotatable bonds is 1. The second kappa shape index (κ2) is 3.51. The zero-order valence-corrected chi connectivity index (χ0v) is 8.44. The molecule has 0 aliphatic heterocycles. The molecular formula is C8H5BClFO2S. The lowest BCUT2D eigenvalue weighted by Crippen LogP contribution is -2.30. The Labute approximate surface area is 88.7 Å². The molecule has 14 heavy (non-hydrogen) atoms. The third kappa shape index (κ3) is 1.42. The van der Waals surface area contributed by atoms with E-state index in [9.17, 15) is 4.39 Å². The van der Waals surface area contributed by atoms with Crippen LogP contribution in [0.5, 0.6) is 0 Å². The maximum atomic E-state index is 13.2. The van der Waals surface area contributed by atoms with E-state index >= 15 is 0 Å². The van der Waals surface area contributed by atoms with Crippen LogP contribution in [0, 0.1) is 5.82 Å². The molecule has 0 amide bonds. The van der Waals surface area contributed by atoms with Gasteiger partial charge < -0.3 is 10.0 Å². The van der Waals surface area contributed by atoms with Crippen LogP contribution in [-0.2, 0) is 0 Å². The van der Waals surface area contributed by atoms with Crippen LogP contribution in [0.1, 0.15) is 0 Å². The predicted octanol–water partition coefficient (Wildman–Crippen LogP) is 1.37. The molecule has 0 atom stereocenters. The Hall–Kier alpha value is -0.615. The second-order valence-corrected chi connectivity index (χ2v) is 4.09. The number of hydrogen-bond acceptors (Lipinski definition) is 3. The van der Waals surface area contributed by atoms with Crippen molar-refractivity contribution in [1.82, 2.24) is 0 Å². The van der Waals surface area contributed by atoms with Gasteiger partial charge in [0, 0.05) is 0 Å². The van der Waals surface area contributed by atoms with Crippen molar-refractivity contribution < 1.29 is 14.4 Å². The molecule has 0 aliphatic carbocycles. The van der Waals surface area contributed by atoms with E-state index in [1.807, 2.05) is 0 Å². The molecule has 1 aromatic carbocycles. The van der Waals surface area contributed by atoms with Crippen LogP contribution in [0.3, 0.4) is 0 Å². The minimum Gasteiger partial charge on any atom is -0.423 e. The molecule has 0 unspecified atom stereocenters. The van der Waals surface area contributed by atoms with E-state index in [4.69, 9.17) is 21.6 Å². The Morgan fingerprint density at radius 1 is 1.43 bits per heavy atom. The van der Waals surface area contributed by atoms with Crippen molar-refractivity contribution in [2.45, 2.75) is 0 Å². The average molecular weight is 230 g/mol. The molecule has 0 aliphatic rings. The molecule has 0 fully saturated rings. The van der Waals surface area contributed by atoms with Crippen molar-refractivity contribution in [3.05, 3.63) is 28.4 Å². The summed E-state index contributed by atoms with van der Waals surface area (Å²) >= 11 is 6.98. The molecule has 0 saturated carbocycles. The molecular weight excluding hydrogens is 225 g/mol. The number of hydrogen-bond donors (Lipinski definition) is 2. The van der Waals surface area contributed by atoms with Gasteiger partial charge >= 0.3 is 7.12 Å². The summed E-state index contributed by atoms with van der Waals surface area (Å²) in [6.45, 7) is 0. The van der Waals surface area contributed by atoms with Crippen molar-refractivity contribution in [1.29, 1.82) is 0 Å². The summed E-state index contributed by atoms with van der Waals surface area (Å²) in [6.07, 6.45) is 0. The van der Waals surface area contributed by atoms with Crippen LogP contribution < -0.4 is 5.46 Å². The normalized spacial score (nSPS) is 10.9. The molecule has 0 saturated heterocycles. The molecule has 0 spiro atoms. The monoisotopic (exact) mass is 230 g/mol. The fraction of sp³-hybridized carbons (Fsp3) is 0. The summed E-state index contributed by atoms with van der Waals surface area (Å²) in [5, 5.41) is 20.3. The number of thiophene rings is 1. The Morgan fingerprint density at radius 2 is 2.14 bits per heavy atom. The first-order chi connectivity index (χ1) is 6.61. The lowest BCUT2D eigenvalue weighted by Gasteiger charge is -2.03. The molecule has 6 heteroatoms. The molecule has 2 rings (SSSR count). The lowest BCUT2D eigenvalue weighted by molar-refractivity contribution is 0.426. The van der Waals surface area contributed by atoms with Gasteiger partial charge in [-0.05, 0) is 28.4 Å². The van der Waals surface area contributed by atoms with E-state index in [1.165, 1.54) is 11.3 Å². The highest BCUT2D eigenvalue weighted by Gasteiger charge is 2.19. The van der Waals surface area contributed by atoms with Crippen LogP contribution in [-0.4, -0.2) is 17.2 Å². The SMILES string of the molecule is OB(O)c1cc(F)c(Cl)c2sccc12. The summed E-state index contributed by atoms with van der Waals surface area (Å²) < 4.78 is 13.7. The van der Waals surface area contributed by atoms with Gasteiger partial charge in [0.25, 0.3) is 0 Å². The summed E-state index contributed by atoms with van der Waals surface area (Å²) in [6, 6.07) is 2.72. The first-order valence-electron chi connectivity index (χ1n) is 3.82. The summed E-state index contributed by atoms with van der Waals surface area (Å²) in [5.74, 6) is -0.635. The van der Waals surface area contributed by atoms with Gasteiger partial charge in [-0.3, -0.25) is 0 Å². The quantitative estimate of drug-likeness (QED) is 0.727. The molecule has 0 radical (unpaired) electrons. The smallest absolute Gasteiger partial charge is 0.423 e. The lowest BCUT2D eigenvalue weighted by atomic mass is 9.78. The van der Waals surface area contributed by atoms with E-state index in [2.05, 4.69) is 0 Å². The Morgan fingerprint density at radius 3 is 2.79 bits per heavy atom. The molecule has 1 heterocycles. The Bertz CT molecular complexity index is 485. The largest absolute Gasteiger partial charge is 0.489 e. The van der Waals surface area contributed by atoms with E-state index in [0.29, 0.717) is 10.1 Å². The molecule has 72 valence electrons. The van der Waals surface area contributed by atoms with E-state index in [1.54, 1.807) is 11.4 Å². The minimum atomic E-state index is -1.68. The zero-order chi connectivity index (χ0) is 10.3. The van der Waals surface area contributed by atoms with Gasteiger partial charge in [-0.1, -0.05) is 11.6 Å². The minimum absolute atomic E-state index is 0.0272. The number of fused-ring (bicyclic) bond motifs is 1. The molecule has 1 aromatic heterocycles. The van der Waals surface area contributed by atoms with Gasteiger partial charge in [-0.25, -0.2) is 4.39 Å². The third-order valence-corrected chi connectivity index (χ3v) is 3.36. The van der Waals surface area contributed by atoms with E-state index in [-0.39, 0.29) is 10.5 Å². The second-order valence-electron chi connectivity index (χ2n) is 2.80. The van der Waals surface area contributed by atoms with Crippen LogP contribution in [0.25, 0.3) is 10.1 Å². The van der Waals surface area contributed by atoms with Gasteiger partial charge in [0.1, 0.15) is 5.82 Å². The highest BCUT2D eigenvalue weighted by molar-refractivity contribution is 7.18. The highest BCUT2D eigenvalue weighted by atomic mass is 35.5. The topological polar surface area (TPSA) is 40.5 Å². The van der Waals surface area contributed by atoms with Gasteiger partial charge in [0.15, 0.2) is 0 Å². The van der Waals surface area contributed by atoms with Crippen LogP contribution in [0.4, 0.5) is 4.39 Å². The molecule has 0 bridgehead atoms. The first kappa shape index (κ1) is 9.92. The highest BCUT2D eigenvalue weighted by Crippen LogP contribution is 2.29. The van der Waals surface area contributed by atoms with Crippen molar-refractivity contribution in [2.24, 2.45) is 0 Å². The van der Waals surface area contributed by atoms with Crippen molar-refractivity contribution in [3.8, 4) is 0 Å². The number of benzene rings is 1. The van der Waals surface area contributed by atoms with Gasteiger partial charge in [-0.15, -0.1) is 11.3 Å². The maximum absolute atomic E-state index is 13.2. The van der Waals surface area contributed by atoms with E-state index < -0.39 is 12.9 Å². The Kier molecular flexibility index (Phi) is 2.49.